The molecule has 0 radical (unpaired) electrons. The number of hydrogen-bond donors (Lipinski definition) is 2. The molecule has 30 heavy (non-hydrogen) atoms. The van der Waals surface area contributed by atoms with Crippen LogP contribution < -0.4 is 10.6 Å². The largest absolute Gasteiger partial charge is 0.463 e. The summed E-state index contributed by atoms with van der Waals surface area (Å²) in [4.78, 5) is 24.1. The minimum Gasteiger partial charge on any atom is -0.463 e. The summed E-state index contributed by atoms with van der Waals surface area (Å²) in [7, 11) is 0. The summed E-state index contributed by atoms with van der Waals surface area (Å²) in [5.74, 6) is 1.41. The van der Waals surface area contributed by atoms with Crippen LogP contribution in [0, 0.1) is 0 Å². The molecule has 0 spiro atoms. The van der Waals surface area contributed by atoms with Crippen LogP contribution in [0.2, 0.25) is 0 Å². The van der Waals surface area contributed by atoms with E-state index in [0.29, 0.717) is 12.3 Å². The van der Waals surface area contributed by atoms with Crippen molar-refractivity contribution in [2.24, 2.45) is 0 Å². The molecule has 1 aliphatic carbocycles. The second kappa shape index (κ2) is 8.81. The molecule has 0 aliphatic heterocycles. The first-order valence-corrected chi connectivity index (χ1v) is 10.2. The molecular weight excluding hydrogens is 384 g/mol. The molecule has 3 rings (SSSR count). The Labute approximate surface area is 177 Å². The van der Waals surface area contributed by atoms with E-state index in [1.807, 2.05) is 70.2 Å². The highest BCUT2D eigenvalue weighted by Crippen LogP contribution is 2.46. The van der Waals surface area contributed by atoms with E-state index >= 15 is 0 Å². The smallest absolute Gasteiger partial charge is 0.408 e. The lowest BCUT2D eigenvalue weighted by atomic mass is 10.1. The van der Waals surface area contributed by atoms with Crippen LogP contribution in [0.5, 0.6) is 0 Å². The average Bonchev–Trinajstić information content (AvgIpc) is 3.27. The molecule has 2 aromatic rings. The van der Waals surface area contributed by atoms with Crippen molar-refractivity contribution in [1.82, 2.24) is 10.6 Å². The van der Waals surface area contributed by atoms with E-state index in [0.717, 1.165) is 24.2 Å². The van der Waals surface area contributed by atoms with Gasteiger partial charge < -0.3 is 24.5 Å². The van der Waals surface area contributed by atoms with Crippen molar-refractivity contribution in [2.75, 3.05) is 6.54 Å². The molecule has 162 valence electrons. The predicted molar refractivity (Wildman–Crippen MR) is 112 cm³/mol. The Morgan fingerprint density at radius 3 is 2.43 bits per heavy atom. The van der Waals surface area contributed by atoms with Crippen molar-refractivity contribution in [3.63, 3.8) is 0 Å². The zero-order chi connectivity index (χ0) is 21.8. The summed E-state index contributed by atoms with van der Waals surface area (Å²) in [6.45, 7) is 8.06. The van der Waals surface area contributed by atoms with Gasteiger partial charge in [0.15, 0.2) is 0 Å². The molecule has 0 saturated heterocycles. The molecule has 2 N–H and O–H groups in total. The Bertz CT molecular complexity index is 865. The van der Waals surface area contributed by atoms with E-state index in [1.165, 1.54) is 0 Å². The quantitative estimate of drug-likeness (QED) is 0.678. The maximum atomic E-state index is 12.1. The minimum atomic E-state index is -0.552. The van der Waals surface area contributed by atoms with Crippen LogP contribution in [-0.4, -0.2) is 24.3 Å². The summed E-state index contributed by atoms with van der Waals surface area (Å²) in [5, 5.41) is 5.69. The van der Waals surface area contributed by atoms with Gasteiger partial charge in [-0.1, -0.05) is 37.3 Å². The van der Waals surface area contributed by atoms with Crippen LogP contribution in [0.1, 0.15) is 63.5 Å². The van der Waals surface area contributed by atoms with Crippen LogP contribution in [-0.2, 0) is 21.6 Å². The van der Waals surface area contributed by atoms with Crippen molar-refractivity contribution in [3.8, 4) is 0 Å². The number of ether oxygens (including phenoxy) is 2. The number of furan rings is 1. The summed E-state index contributed by atoms with van der Waals surface area (Å²) in [6, 6.07) is 13.3. The molecule has 7 heteroatoms. The van der Waals surface area contributed by atoms with Crippen molar-refractivity contribution < 1.29 is 23.5 Å². The van der Waals surface area contributed by atoms with Gasteiger partial charge in [0.25, 0.3) is 0 Å². The topological polar surface area (TPSA) is 89.8 Å². The molecule has 7 nitrogen and oxygen atoms in total. The number of alkyl carbamates (subject to hydrolysis) is 2. The second-order valence-electron chi connectivity index (χ2n) is 8.75. The molecule has 1 aromatic heterocycles. The van der Waals surface area contributed by atoms with E-state index in [1.54, 1.807) is 0 Å². The summed E-state index contributed by atoms with van der Waals surface area (Å²) in [5.41, 5.74) is -0.116. The highest BCUT2D eigenvalue weighted by molar-refractivity contribution is 5.69. The Morgan fingerprint density at radius 1 is 1.10 bits per heavy atom. The number of nitrogens with one attached hydrogen (secondary N) is 2. The average molecular weight is 415 g/mol. The van der Waals surface area contributed by atoms with Crippen LogP contribution in [0.3, 0.4) is 0 Å². The minimum absolute atomic E-state index is 0.0413. The third-order valence-corrected chi connectivity index (χ3v) is 4.84. The molecule has 1 aromatic carbocycles. The first-order valence-electron chi connectivity index (χ1n) is 10.2. The Balaban J connectivity index is 1.48. The van der Waals surface area contributed by atoms with Gasteiger partial charge in [-0.2, -0.15) is 0 Å². The fourth-order valence-electron chi connectivity index (χ4n) is 3.04. The Kier molecular flexibility index (Phi) is 6.39. The molecule has 1 aliphatic rings. The van der Waals surface area contributed by atoms with Gasteiger partial charge in [-0.15, -0.1) is 0 Å². The van der Waals surface area contributed by atoms with E-state index < -0.39 is 23.3 Å². The van der Waals surface area contributed by atoms with Gasteiger partial charge >= 0.3 is 12.2 Å². The number of amides is 2. The van der Waals surface area contributed by atoms with Gasteiger partial charge in [-0.3, -0.25) is 0 Å². The molecule has 1 saturated carbocycles. The molecule has 2 amide bonds. The van der Waals surface area contributed by atoms with Crippen molar-refractivity contribution in [2.45, 2.75) is 64.2 Å². The lowest BCUT2D eigenvalue weighted by Crippen LogP contribution is -2.39. The number of rotatable bonds is 7. The van der Waals surface area contributed by atoms with Crippen LogP contribution in [0.4, 0.5) is 9.59 Å². The third-order valence-electron chi connectivity index (χ3n) is 4.84. The third kappa shape index (κ3) is 6.02. The molecule has 1 heterocycles. The maximum absolute atomic E-state index is 12.1. The van der Waals surface area contributed by atoms with Crippen molar-refractivity contribution >= 4 is 12.2 Å². The maximum Gasteiger partial charge on any atom is 0.408 e. The van der Waals surface area contributed by atoms with E-state index in [-0.39, 0.29) is 12.5 Å². The zero-order valence-electron chi connectivity index (χ0n) is 18.0. The van der Waals surface area contributed by atoms with Gasteiger partial charge in [0, 0.05) is 12.5 Å². The first kappa shape index (κ1) is 21.7. The normalized spacial score (nSPS) is 15.7. The van der Waals surface area contributed by atoms with Crippen LogP contribution >= 0.6 is 0 Å². The van der Waals surface area contributed by atoms with E-state index in [2.05, 4.69) is 10.6 Å². The van der Waals surface area contributed by atoms with Gasteiger partial charge in [-0.05, 0) is 51.3 Å². The number of hydrogen-bond acceptors (Lipinski definition) is 5. The fourth-order valence-corrected chi connectivity index (χ4v) is 3.04. The van der Waals surface area contributed by atoms with Crippen molar-refractivity contribution in [3.05, 3.63) is 59.5 Å². The monoisotopic (exact) mass is 414 g/mol. The second-order valence-corrected chi connectivity index (χ2v) is 8.75. The van der Waals surface area contributed by atoms with Gasteiger partial charge in [0.1, 0.15) is 29.3 Å². The number of carbonyl (C=O) groups excluding carboxylic acids is 2. The van der Waals surface area contributed by atoms with Crippen LogP contribution in [0.25, 0.3) is 0 Å². The molecule has 1 unspecified atom stereocenters. The van der Waals surface area contributed by atoms with E-state index in [4.69, 9.17) is 13.9 Å². The highest BCUT2D eigenvalue weighted by Gasteiger charge is 2.49. The molecule has 1 fully saturated rings. The fraction of sp³-hybridized carbons (Fsp3) is 0.478. The lowest BCUT2D eigenvalue weighted by molar-refractivity contribution is 0.0487. The lowest BCUT2D eigenvalue weighted by Gasteiger charge is -2.22. The molecule has 1 atom stereocenters. The first-order chi connectivity index (χ1) is 14.2. The standard InChI is InChI=1S/C23H30N2O5/c1-16(14-24-20(26)28-15-17-8-6-5-7-9-17)18-10-11-19(29-18)23(12-13-23)25-21(27)30-22(2,3)4/h5-11,16H,12-15H2,1-4H3,(H,24,26)(H,25,27). The van der Waals surface area contributed by atoms with Crippen LogP contribution in [0.15, 0.2) is 46.9 Å². The van der Waals surface area contributed by atoms with Crippen molar-refractivity contribution in [1.29, 1.82) is 0 Å². The number of benzene rings is 1. The summed E-state index contributed by atoms with van der Waals surface area (Å²) >= 11 is 0. The molecular formula is C23H30N2O5. The highest BCUT2D eigenvalue weighted by atomic mass is 16.6. The Hall–Kier alpha value is -2.96. The van der Waals surface area contributed by atoms with E-state index in [9.17, 15) is 9.59 Å². The zero-order valence-corrected chi connectivity index (χ0v) is 18.0. The van der Waals surface area contributed by atoms with Gasteiger partial charge in [0.2, 0.25) is 0 Å². The summed E-state index contributed by atoms with van der Waals surface area (Å²) in [6.07, 6.45) is 0.687. The summed E-state index contributed by atoms with van der Waals surface area (Å²) < 4.78 is 16.6. The number of carbonyl (C=O) groups is 2. The Morgan fingerprint density at radius 2 is 1.80 bits per heavy atom. The SMILES string of the molecule is CC(CNC(=O)OCc1ccccc1)c1ccc(C2(NC(=O)OC(C)(C)C)CC2)o1. The van der Waals surface area contributed by atoms with Gasteiger partial charge in [0.05, 0.1) is 0 Å². The van der Waals surface area contributed by atoms with Gasteiger partial charge in [-0.25, -0.2) is 9.59 Å². The predicted octanol–water partition coefficient (Wildman–Crippen LogP) is 4.82. The molecule has 0 bridgehead atoms.